The van der Waals surface area contributed by atoms with Crippen molar-refractivity contribution in [1.82, 2.24) is 14.7 Å². The van der Waals surface area contributed by atoms with Gasteiger partial charge < -0.3 is 14.7 Å². The van der Waals surface area contributed by atoms with E-state index in [1.807, 2.05) is 4.90 Å². The van der Waals surface area contributed by atoms with Gasteiger partial charge in [-0.2, -0.15) is 0 Å². The Morgan fingerprint density at radius 1 is 0.885 bits per heavy atom. The minimum absolute atomic E-state index is 0.115. The van der Waals surface area contributed by atoms with E-state index in [0.29, 0.717) is 25.1 Å². The fraction of sp³-hybridized carbons (Fsp3) is 0.600. The fourth-order valence-electron chi connectivity index (χ4n) is 3.76. The van der Waals surface area contributed by atoms with E-state index < -0.39 is 0 Å². The number of carbonyl (C=O) groups excluding carboxylic acids is 2. The zero-order chi connectivity index (χ0) is 18.4. The Morgan fingerprint density at radius 2 is 1.65 bits per heavy atom. The number of amides is 2. The summed E-state index contributed by atoms with van der Waals surface area (Å²) in [6.45, 7) is 5.48. The summed E-state index contributed by atoms with van der Waals surface area (Å²) in [6, 6.07) is 5.87. The number of likely N-dealkylation sites (tertiary alicyclic amines) is 1. The first-order valence-corrected chi connectivity index (χ1v) is 9.68. The second-order valence-electron chi connectivity index (χ2n) is 7.19. The summed E-state index contributed by atoms with van der Waals surface area (Å²) in [5.74, 6) is -0.249. The van der Waals surface area contributed by atoms with Crippen molar-refractivity contribution >= 4 is 11.8 Å². The molecule has 0 unspecified atom stereocenters. The molecule has 26 heavy (non-hydrogen) atoms. The molecule has 0 aromatic heterocycles. The summed E-state index contributed by atoms with van der Waals surface area (Å²) < 4.78 is 13.4. The fourth-order valence-corrected chi connectivity index (χ4v) is 3.76. The van der Waals surface area contributed by atoms with E-state index in [-0.39, 0.29) is 17.6 Å². The van der Waals surface area contributed by atoms with Gasteiger partial charge in [-0.1, -0.05) is 6.07 Å². The lowest BCUT2D eigenvalue weighted by Gasteiger charge is -2.28. The van der Waals surface area contributed by atoms with Crippen molar-refractivity contribution in [2.75, 3.05) is 45.8 Å². The molecule has 0 spiro atoms. The van der Waals surface area contributed by atoms with Crippen LogP contribution in [0.15, 0.2) is 24.3 Å². The molecule has 2 heterocycles. The predicted octanol–water partition coefficient (Wildman–Crippen LogP) is 2.38. The normalized spacial score (nSPS) is 19.3. The van der Waals surface area contributed by atoms with E-state index >= 15 is 0 Å². The van der Waals surface area contributed by atoms with Crippen LogP contribution < -0.4 is 0 Å². The molecule has 0 radical (unpaired) electrons. The standard InChI is InChI=1S/C20H28FN3O2/c21-18-7-4-6-17(16-18)20(26)24-12-5-9-22(14-15-24)13-8-19(25)23-10-2-1-3-11-23/h4,6-7,16H,1-3,5,8-15H2. The van der Waals surface area contributed by atoms with Crippen LogP contribution in [0.2, 0.25) is 0 Å². The number of piperidine rings is 1. The lowest BCUT2D eigenvalue weighted by Crippen LogP contribution is -2.39. The molecule has 2 fully saturated rings. The molecule has 2 aliphatic heterocycles. The molecule has 0 bridgehead atoms. The van der Waals surface area contributed by atoms with Gasteiger partial charge >= 0.3 is 0 Å². The van der Waals surface area contributed by atoms with Crippen LogP contribution in [0.3, 0.4) is 0 Å². The first-order chi connectivity index (χ1) is 12.6. The average molecular weight is 361 g/mol. The largest absolute Gasteiger partial charge is 0.343 e. The quantitative estimate of drug-likeness (QED) is 0.827. The van der Waals surface area contributed by atoms with Crippen molar-refractivity contribution in [3.05, 3.63) is 35.6 Å². The minimum Gasteiger partial charge on any atom is -0.343 e. The topological polar surface area (TPSA) is 43.9 Å². The summed E-state index contributed by atoms with van der Waals surface area (Å²) in [7, 11) is 0. The van der Waals surface area contributed by atoms with Gasteiger partial charge in [0.25, 0.3) is 5.91 Å². The Bertz CT molecular complexity index is 631. The van der Waals surface area contributed by atoms with Crippen molar-refractivity contribution in [2.45, 2.75) is 32.1 Å². The number of hydrogen-bond donors (Lipinski definition) is 0. The van der Waals surface area contributed by atoms with Gasteiger partial charge in [-0.25, -0.2) is 4.39 Å². The zero-order valence-electron chi connectivity index (χ0n) is 15.3. The summed E-state index contributed by atoms with van der Waals surface area (Å²) in [5.41, 5.74) is 0.402. The molecule has 6 heteroatoms. The third-order valence-corrected chi connectivity index (χ3v) is 5.30. The molecule has 0 atom stereocenters. The third kappa shape index (κ3) is 5.04. The Labute approximate surface area is 154 Å². The number of hydrogen-bond acceptors (Lipinski definition) is 3. The van der Waals surface area contributed by atoms with Crippen molar-refractivity contribution in [3.63, 3.8) is 0 Å². The Kier molecular flexibility index (Phi) is 6.61. The number of rotatable bonds is 4. The molecule has 1 aromatic rings. The van der Waals surface area contributed by atoms with Crippen LogP contribution in [0.1, 0.15) is 42.5 Å². The second-order valence-corrected chi connectivity index (χ2v) is 7.19. The summed E-state index contributed by atoms with van der Waals surface area (Å²) in [5, 5.41) is 0. The molecule has 2 aliphatic rings. The van der Waals surface area contributed by atoms with Crippen LogP contribution in [0.4, 0.5) is 4.39 Å². The van der Waals surface area contributed by atoms with Crippen molar-refractivity contribution in [3.8, 4) is 0 Å². The Morgan fingerprint density at radius 3 is 2.42 bits per heavy atom. The predicted molar refractivity (Wildman–Crippen MR) is 98.4 cm³/mol. The maximum atomic E-state index is 13.4. The number of benzene rings is 1. The van der Waals surface area contributed by atoms with Gasteiger partial charge in [0.15, 0.2) is 0 Å². The summed E-state index contributed by atoms with van der Waals surface area (Å²) in [4.78, 5) is 30.9. The van der Waals surface area contributed by atoms with Crippen LogP contribution in [-0.2, 0) is 4.79 Å². The molecular weight excluding hydrogens is 333 g/mol. The molecule has 5 nitrogen and oxygen atoms in total. The van der Waals surface area contributed by atoms with Crippen LogP contribution >= 0.6 is 0 Å². The number of nitrogens with zero attached hydrogens (tertiary/aromatic N) is 3. The van der Waals surface area contributed by atoms with Crippen molar-refractivity contribution in [2.24, 2.45) is 0 Å². The van der Waals surface area contributed by atoms with Gasteiger partial charge in [0.1, 0.15) is 5.82 Å². The first-order valence-electron chi connectivity index (χ1n) is 9.68. The molecule has 0 saturated carbocycles. The Balaban J connectivity index is 1.47. The van der Waals surface area contributed by atoms with Crippen LogP contribution in [0.5, 0.6) is 0 Å². The zero-order valence-corrected chi connectivity index (χ0v) is 15.3. The average Bonchev–Trinajstić information content (AvgIpc) is 2.92. The van der Waals surface area contributed by atoms with E-state index in [0.717, 1.165) is 52.0 Å². The maximum absolute atomic E-state index is 13.4. The highest BCUT2D eigenvalue weighted by Crippen LogP contribution is 2.13. The van der Waals surface area contributed by atoms with Crippen molar-refractivity contribution < 1.29 is 14.0 Å². The van der Waals surface area contributed by atoms with Crippen LogP contribution in [0.25, 0.3) is 0 Å². The van der Waals surface area contributed by atoms with Gasteiger partial charge in [0.05, 0.1) is 0 Å². The maximum Gasteiger partial charge on any atom is 0.254 e. The number of halogens is 1. The molecule has 142 valence electrons. The highest BCUT2D eigenvalue weighted by molar-refractivity contribution is 5.94. The molecule has 3 rings (SSSR count). The third-order valence-electron chi connectivity index (χ3n) is 5.30. The van der Waals surface area contributed by atoms with Gasteiger partial charge in [0, 0.05) is 51.3 Å². The van der Waals surface area contributed by atoms with E-state index in [1.54, 1.807) is 17.0 Å². The van der Waals surface area contributed by atoms with E-state index in [9.17, 15) is 14.0 Å². The molecular formula is C20H28FN3O2. The van der Waals surface area contributed by atoms with E-state index in [4.69, 9.17) is 0 Å². The molecule has 0 aliphatic carbocycles. The highest BCUT2D eigenvalue weighted by atomic mass is 19.1. The lowest BCUT2D eigenvalue weighted by atomic mass is 10.1. The van der Waals surface area contributed by atoms with E-state index in [1.165, 1.54) is 18.6 Å². The first kappa shape index (κ1) is 18.8. The number of carbonyl (C=O) groups is 2. The SMILES string of the molecule is O=C(CCN1CCCN(C(=O)c2cccc(F)c2)CC1)N1CCCCC1. The second kappa shape index (κ2) is 9.12. The van der Waals surface area contributed by atoms with Gasteiger partial charge in [-0.15, -0.1) is 0 Å². The Hall–Kier alpha value is -1.95. The lowest BCUT2D eigenvalue weighted by molar-refractivity contribution is -0.132. The van der Waals surface area contributed by atoms with Crippen molar-refractivity contribution in [1.29, 1.82) is 0 Å². The molecule has 2 saturated heterocycles. The van der Waals surface area contributed by atoms with Gasteiger partial charge in [-0.3, -0.25) is 9.59 Å². The van der Waals surface area contributed by atoms with Crippen LogP contribution in [-0.4, -0.2) is 72.3 Å². The van der Waals surface area contributed by atoms with Gasteiger partial charge in [-0.05, 0) is 50.4 Å². The highest BCUT2D eigenvalue weighted by Gasteiger charge is 2.22. The summed E-state index contributed by atoms with van der Waals surface area (Å²) >= 11 is 0. The molecule has 2 amide bonds. The van der Waals surface area contributed by atoms with Gasteiger partial charge in [0.2, 0.25) is 5.91 Å². The smallest absolute Gasteiger partial charge is 0.254 e. The minimum atomic E-state index is -0.386. The molecule has 1 aromatic carbocycles. The summed E-state index contributed by atoms with van der Waals surface area (Å²) in [6.07, 6.45) is 4.89. The van der Waals surface area contributed by atoms with Crippen LogP contribution in [0, 0.1) is 5.82 Å². The van der Waals surface area contributed by atoms with E-state index in [2.05, 4.69) is 4.90 Å². The molecule has 0 N–H and O–H groups in total. The monoisotopic (exact) mass is 361 g/mol.